The lowest BCUT2D eigenvalue weighted by Gasteiger charge is -2.09. The highest BCUT2D eigenvalue weighted by atomic mass is 19.1. The van der Waals surface area contributed by atoms with Gasteiger partial charge in [-0.1, -0.05) is 18.2 Å². The average Bonchev–Trinajstić information content (AvgIpc) is 2.61. The lowest BCUT2D eigenvalue weighted by Crippen LogP contribution is -2.23. The van der Waals surface area contributed by atoms with Crippen molar-refractivity contribution in [3.05, 3.63) is 35.6 Å². The molecule has 1 fully saturated rings. The predicted molar refractivity (Wildman–Crippen MR) is 41.8 cm³/mol. The van der Waals surface area contributed by atoms with Crippen LogP contribution in [0.1, 0.15) is 12.0 Å². The molecule has 12 heavy (non-hydrogen) atoms. The summed E-state index contributed by atoms with van der Waals surface area (Å²) in [7, 11) is 0. The number of nitrogens with two attached hydrogens (primary N) is 1. The van der Waals surface area contributed by atoms with Crippen LogP contribution < -0.4 is 5.73 Å². The van der Waals surface area contributed by atoms with Crippen LogP contribution in [0.25, 0.3) is 0 Å². The normalized spacial score (nSPS) is 33.4. The number of alkyl halides is 1. The monoisotopic (exact) mass is 169 g/mol. The molecule has 0 heterocycles. The van der Waals surface area contributed by atoms with Gasteiger partial charge in [-0.05, 0) is 6.07 Å². The van der Waals surface area contributed by atoms with Crippen molar-refractivity contribution >= 4 is 0 Å². The van der Waals surface area contributed by atoms with Gasteiger partial charge in [0.15, 0.2) is 0 Å². The second kappa shape index (κ2) is 2.26. The molecule has 1 aromatic carbocycles. The Morgan fingerprint density at radius 3 is 2.50 bits per heavy atom. The molecule has 0 bridgehead atoms. The van der Waals surface area contributed by atoms with Crippen molar-refractivity contribution in [3.63, 3.8) is 0 Å². The summed E-state index contributed by atoms with van der Waals surface area (Å²) in [6.45, 7) is 0. The van der Waals surface area contributed by atoms with Gasteiger partial charge in [-0.15, -0.1) is 0 Å². The number of benzene rings is 1. The van der Waals surface area contributed by atoms with Crippen molar-refractivity contribution in [2.45, 2.75) is 18.1 Å². The van der Waals surface area contributed by atoms with E-state index < -0.39 is 17.5 Å². The lowest BCUT2D eigenvalue weighted by molar-refractivity contribution is 0.417. The lowest BCUT2D eigenvalue weighted by atomic mass is 10.1. The Morgan fingerprint density at radius 1 is 1.42 bits per heavy atom. The van der Waals surface area contributed by atoms with E-state index in [0.29, 0.717) is 0 Å². The Balaban J connectivity index is 2.41. The number of hydrogen-bond donors (Lipinski definition) is 1. The summed E-state index contributed by atoms with van der Waals surface area (Å²) in [6, 6.07) is 6.07. The molecule has 1 saturated carbocycles. The van der Waals surface area contributed by atoms with Gasteiger partial charge in [-0.2, -0.15) is 0 Å². The second-order valence-electron chi connectivity index (χ2n) is 3.19. The predicted octanol–water partition coefficient (Wildman–Crippen LogP) is 1.72. The molecule has 0 amide bonds. The average molecular weight is 169 g/mol. The van der Waals surface area contributed by atoms with Gasteiger partial charge in [0.1, 0.15) is 12.0 Å². The summed E-state index contributed by atoms with van der Waals surface area (Å²) >= 11 is 0. The highest BCUT2D eigenvalue weighted by molar-refractivity contribution is 5.33. The highest BCUT2D eigenvalue weighted by Crippen LogP contribution is 2.46. The molecule has 1 aliphatic carbocycles. The summed E-state index contributed by atoms with van der Waals surface area (Å²) in [6.07, 6.45) is -0.858. The van der Waals surface area contributed by atoms with Crippen LogP contribution in [-0.2, 0) is 5.54 Å². The molecule has 2 atom stereocenters. The maximum absolute atomic E-state index is 13.1. The smallest absolute Gasteiger partial charge is 0.128 e. The molecule has 64 valence electrons. The largest absolute Gasteiger partial charge is 0.319 e. The van der Waals surface area contributed by atoms with Crippen molar-refractivity contribution in [2.24, 2.45) is 5.73 Å². The van der Waals surface area contributed by atoms with E-state index in [0.717, 1.165) is 0 Å². The van der Waals surface area contributed by atoms with Crippen LogP contribution in [0.15, 0.2) is 24.3 Å². The molecule has 3 heteroatoms. The van der Waals surface area contributed by atoms with E-state index in [9.17, 15) is 8.78 Å². The number of halogens is 2. The van der Waals surface area contributed by atoms with Crippen molar-refractivity contribution < 1.29 is 8.78 Å². The quantitative estimate of drug-likeness (QED) is 0.680. The molecule has 0 spiro atoms. The minimum atomic E-state index is -1.09. The Bertz CT molecular complexity index is 313. The zero-order valence-electron chi connectivity index (χ0n) is 6.43. The highest BCUT2D eigenvalue weighted by Gasteiger charge is 2.54. The van der Waals surface area contributed by atoms with Crippen LogP contribution in [0.2, 0.25) is 0 Å². The molecular formula is C9H9F2N. The first-order valence-corrected chi connectivity index (χ1v) is 3.82. The summed E-state index contributed by atoms with van der Waals surface area (Å²) in [4.78, 5) is 0. The summed E-state index contributed by atoms with van der Waals surface area (Å²) in [5, 5.41) is 0. The first kappa shape index (κ1) is 7.68. The van der Waals surface area contributed by atoms with Crippen molar-refractivity contribution in [3.8, 4) is 0 Å². The van der Waals surface area contributed by atoms with E-state index in [-0.39, 0.29) is 12.0 Å². The Labute approximate surface area is 69.2 Å². The molecule has 0 aromatic heterocycles. The fourth-order valence-electron chi connectivity index (χ4n) is 1.35. The van der Waals surface area contributed by atoms with Crippen molar-refractivity contribution in [2.75, 3.05) is 0 Å². The molecule has 0 aliphatic heterocycles. The third kappa shape index (κ3) is 0.932. The van der Waals surface area contributed by atoms with Gasteiger partial charge in [-0.3, -0.25) is 0 Å². The molecule has 2 N–H and O–H groups in total. The molecular weight excluding hydrogens is 160 g/mol. The maximum atomic E-state index is 13.1. The maximum Gasteiger partial charge on any atom is 0.128 e. The SMILES string of the molecule is N[C@]1(c2ccccc2F)C[C@H]1F. The minimum Gasteiger partial charge on any atom is -0.319 e. The molecule has 1 aliphatic rings. The molecule has 2 rings (SSSR count). The van der Waals surface area contributed by atoms with E-state index >= 15 is 0 Å². The second-order valence-corrected chi connectivity index (χ2v) is 3.19. The number of rotatable bonds is 1. The molecule has 0 radical (unpaired) electrons. The van der Waals surface area contributed by atoms with Gasteiger partial charge >= 0.3 is 0 Å². The Kier molecular flexibility index (Phi) is 1.45. The Hall–Kier alpha value is -0.960. The van der Waals surface area contributed by atoms with Crippen LogP contribution in [-0.4, -0.2) is 6.17 Å². The molecule has 1 nitrogen and oxygen atoms in total. The summed E-state index contributed by atoms with van der Waals surface area (Å²) in [5.74, 6) is -0.417. The van der Waals surface area contributed by atoms with Gasteiger partial charge < -0.3 is 5.73 Å². The van der Waals surface area contributed by atoms with Crippen molar-refractivity contribution in [1.82, 2.24) is 0 Å². The summed E-state index contributed by atoms with van der Waals surface area (Å²) < 4.78 is 25.8. The minimum absolute atomic E-state index is 0.230. The summed E-state index contributed by atoms with van der Waals surface area (Å²) in [5.41, 5.74) is 4.84. The standard InChI is InChI=1S/C9H9F2N/c10-7-4-2-1-3-6(7)9(12)5-8(9)11/h1-4,8H,5,12H2/t8-,9+/m1/s1. The van der Waals surface area contributed by atoms with Gasteiger partial charge in [0.05, 0.1) is 5.54 Å². The third-order valence-corrected chi connectivity index (χ3v) is 2.29. The van der Waals surface area contributed by atoms with E-state index in [1.165, 1.54) is 12.1 Å². The van der Waals surface area contributed by atoms with Crippen LogP contribution in [0.5, 0.6) is 0 Å². The molecule has 0 unspecified atom stereocenters. The van der Waals surface area contributed by atoms with Crippen LogP contribution >= 0.6 is 0 Å². The van der Waals surface area contributed by atoms with Gasteiger partial charge in [0, 0.05) is 12.0 Å². The van der Waals surface area contributed by atoms with E-state index in [1.54, 1.807) is 12.1 Å². The van der Waals surface area contributed by atoms with Crippen molar-refractivity contribution in [1.29, 1.82) is 0 Å². The first-order valence-electron chi connectivity index (χ1n) is 3.82. The van der Waals surface area contributed by atoms with Gasteiger partial charge in [-0.25, -0.2) is 8.78 Å². The topological polar surface area (TPSA) is 26.0 Å². The third-order valence-electron chi connectivity index (χ3n) is 2.29. The fourth-order valence-corrected chi connectivity index (χ4v) is 1.35. The first-order chi connectivity index (χ1) is 5.64. The molecule has 1 aromatic rings. The van der Waals surface area contributed by atoms with E-state index in [2.05, 4.69) is 0 Å². The van der Waals surface area contributed by atoms with Gasteiger partial charge in [0.2, 0.25) is 0 Å². The fraction of sp³-hybridized carbons (Fsp3) is 0.333. The molecule has 0 saturated heterocycles. The van der Waals surface area contributed by atoms with E-state index in [4.69, 9.17) is 5.73 Å². The van der Waals surface area contributed by atoms with Crippen LogP contribution in [0.4, 0.5) is 8.78 Å². The zero-order chi connectivity index (χ0) is 8.77. The van der Waals surface area contributed by atoms with Gasteiger partial charge in [0.25, 0.3) is 0 Å². The van der Waals surface area contributed by atoms with Crippen LogP contribution in [0.3, 0.4) is 0 Å². The Morgan fingerprint density at radius 2 is 2.00 bits per heavy atom. The van der Waals surface area contributed by atoms with Crippen LogP contribution in [0, 0.1) is 5.82 Å². The number of hydrogen-bond acceptors (Lipinski definition) is 1. The van der Waals surface area contributed by atoms with E-state index in [1.807, 2.05) is 0 Å². The zero-order valence-corrected chi connectivity index (χ0v) is 6.43.